The molecule has 1 aromatic rings. The first-order valence-corrected chi connectivity index (χ1v) is 5.90. The lowest BCUT2D eigenvalue weighted by atomic mass is 10.1. The molecule has 5 nitrogen and oxygen atoms in total. The average Bonchev–Trinajstić information content (AvgIpc) is 2.31. The molecule has 3 amide bonds. The fourth-order valence-electron chi connectivity index (χ4n) is 1.73. The minimum absolute atomic E-state index is 0.219. The molecule has 1 atom stereocenters. The third kappa shape index (κ3) is 4.33. The summed E-state index contributed by atoms with van der Waals surface area (Å²) in [4.78, 5) is 22.0. The van der Waals surface area contributed by atoms with E-state index in [0.29, 0.717) is 17.7 Å². The summed E-state index contributed by atoms with van der Waals surface area (Å²) in [5.41, 5.74) is 6.85. The molecular weight excluding hydrogens is 249 g/mol. The molecule has 1 aromatic carbocycles. The molecule has 0 heterocycles. The van der Waals surface area contributed by atoms with E-state index < -0.39 is 18.0 Å². The molecule has 0 bridgehead atoms. The van der Waals surface area contributed by atoms with E-state index in [1.807, 2.05) is 5.32 Å². The van der Waals surface area contributed by atoms with Gasteiger partial charge < -0.3 is 11.1 Å². The standard InChI is InChI=1S/C13H18FN3O2/c1-7-4-10(5-8(2)11(7)14)6-16-9(3)12(18)17-13(15)19/h4-5,9,16H,6H2,1-3H3,(H3,15,17,18,19). The Kier molecular flexibility index (Phi) is 5.00. The van der Waals surface area contributed by atoms with Gasteiger partial charge in [0.2, 0.25) is 5.91 Å². The molecule has 6 heteroatoms. The molecule has 0 saturated carbocycles. The van der Waals surface area contributed by atoms with Gasteiger partial charge in [0.15, 0.2) is 0 Å². The van der Waals surface area contributed by atoms with Crippen LogP contribution in [0.5, 0.6) is 0 Å². The molecule has 19 heavy (non-hydrogen) atoms. The van der Waals surface area contributed by atoms with Crippen molar-refractivity contribution in [3.63, 3.8) is 0 Å². The molecule has 0 spiro atoms. The molecule has 0 aromatic heterocycles. The maximum absolute atomic E-state index is 13.4. The smallest absolute Gasteiger partial charge is 0.318 e. The van der Waals surface area contributed by atoms with Crippen LogP contribution in [0.3, 0.4) is 0 Å². The zero-order valence-corrected chi connectivity index (χ0v) is 11.2. The van der Waals surface area contributed by atoms with Gasteiger partial charge in [-0.1, -0.05) is 12.1 Å². The normalized spacial score (nSPS) is 12.0. The molecule has 1 unspecified atom stereocenters. The van der Waals surface area contributed by atoms with Crippen molar-refractivity contribution in [2.24, 2.45) is 5.73 Å². The van der Waals surface area contributed by atoms with Crippen LogP contribution in [0.2, 0.25) is 0 Å². The topological polar surface area (TPSA) is 84.2 Å². The molecule has 0 saturated heterocycles. The molecule has 4 N–H and O–H groups in total. The molecular formula is C13H18FN3O2. The summed E-state index contributed by atoms with van der Waals surface area (Å²) < 4.78 is 13.4. The third-order valence-electron chi connectivity index (χ3n) is 2.75. The summed E-state index contributed by atoms with van der Waals surface area (Å²) in [6.07, 6.45) is 0. The Hall–Kier alpha value is -1.95. The second-order valence-corrected chi connectivity index (χ2v) is 4.50. The van der Waals surface area contributed by atoms with Crippen LogP contribution in [0.1, 0.15) is 23.6 Å². The first-order chi connectivity index (χ1) is 8.81. The van der Waals surface area contributed by atoms with Gasteiger partial charge >= 0.3 is 6.03 Å². The first-order valence-electron chi connectivity index (χ1n) is 5.90. The van der Waals surface area contributed by atoms with Crippen molar-refractivity contribution in [2.45, 2.75) is 33.4 Å². The Labute approximate surface area is 111 Å². The number of halogens is 1. The number of amides is 3. The van der Waals surface area contributed by atoms with Crippen LogP contribution in [0.25, 0.3) is 0 Å². The number of nitrogens with one attached hydrogen (secondary N) is 2. The van der Waals surface area contributed by atoms with Crippen LogP contribution < -0.4 is 16.4 Å². The maximum atomic E-state index is 13.4. The highest BCUT2D eigenvalue weighted by Crippen LogP contribution is 2.14. The van der Waals surface area contributed by atoms with Crippen molar-refractivity contribution >= 4 is 11.9 Å². The van der Waals surface area contributed by atoms with Crippen molar-refractivity contribution in [3.8, 4) is 0 Å². The zero-order chi connectivity index (χ0) is 14.6. The van der Waals surface area contributed by atoms with E-state index in [-0.39, 0.29) is 5.82 Å². The zero-order valence-electron chi connectivity index (χ0n) is 11.2. The molecule has 0 aliphatic carbocycles. The van der Waals surface area contributed by atoms with Crippen molar-refractivity contribution in [2.75, 3.05) is 0 Å². The van der Waals surface area contributed by atoms with E-state index in [2.05, 4.69) is 5.32 Å². The minimum Gasteiger partial charge on any atom is -0.351 e. The number of rotatable bonds is 4. The van der Waals surface area contributed by atoms with Crippen LogP contribution in [0.15, 0.2) is 12.1 Å². The lowest BCUT2D eigenvalue weighted by molar-refractivity contribution is -0.121. The average molecular weight is 267 g/mol. The first kappa shape index (κ1) is 15.1. The van der Waals surface area contributed by atoms with Gasteiger partial charge in [-0.2, -0.15) is 0 Å². The highest BCUT2D eigenvalue weighted by atomic mass is 19.1. The second-order valence-electron chi connectivity index (χ2n) is 4.50. The minimum atomic E-state index is -0.882. The third-order valence-corrected chi connectivity index (χ3v) is 2.75. The predicted octanol–water partition coefficient (Wildman–Crippen LogP) is 1.12. The molecule has 0 aliphatic heterocycles. The van der Waals surface area contributed by atoms with Crippen molar-refractivity contribution in [3.05, 3.63) is 34.6 Å². The summed E-state index contributed by atoms with van der Waals surface area (Å²) >= 11 is 0. The highest BCUT2D eigenvalue weighted by molar-refractivity contribution is 5.96. The predicted molar refractivity (Wildman–Crippen MR) is 69.9 cm³/mol. The van der Waals surface area contributed by atoms with Gasteiger partial charge in [0.1, 0.15) is 5.82 Å². The van der Waals surface area contributed by atoms with Crippen molar-refractivity contribution in [1.29, 1.82) is 0 Å². The lowest BCUT2D eigenvalue weighted by Gasteiger charge is -2.13. The number of imide groups is 1. The fraction of sp³-hybridized carbons (Fsp3) is 0.385. The van der Waals surface area contributed by atoms with Gasteiger partial charge in [-0.25, -0.2) is 9.18 Å². The van der Waals surface area contributed by atoms with Crippen LogP contribution in [0.4, 0.5) is 9.18 Å². The van der Waals surface area contributed by atoms with Gasteiger partial charge in [0.25, 0.3) is 0 Å². The number of aryl methyl sites for hydroxylation is 2. The number of nitrogens with two attached hydrogens (primary N) is 1. The number of carbonyl (C=O) groups is 2. The number of urea groups is 1. The number of benzene rings is 1. The molecule has 104 valence electrons. The van der Waals surface area contributed by atoms with Gasteiger partial charge in [0, 0.05) is 6.54 Å². The summed E-state index contributed by atoms with van der Waals surface area (Å²) in [5.74, 6) is -0.716. The Balaban J connectivity index is 2.62. The summed E-state index contributed by atoms with van der Waals surface area (Å²) in [6.45, 7) is 5.39. The van der Waals surface area contributed by atoms with Crippen molar-refractivity contribution < 1.29 is 14.0 Å². The van der Waals surface area contributed by atoms with E-state index in [1.54, 1.807) is 32.9 Å². The van der Waals surface area contributed by atoms with Gasteiger partial charge in [-0.15, -0.1) is 0 Å². The van der Waals surface area contributed by atoms with Gasteiger partial charge in [0.05, 0.1) is 6.04 Å². The quantitative estimate of drug-likeness (QED) is 0.764. The summed E-state index contributed by atoms with van der Waals surface area (Å²) in [5, 5.41) is 4.92. The van der Waals surface area contributed by atoms with Crippen LogP contribution in [-0.4, -0.2) is 18.0 Å². The Morgan fingerprint density at radius 2 is 1.84 bits per heavy atom. The lowest BCUT2D eigenvalue weighted by Crippen LogP contribution is -2.46. The monoisotopic (exact) mass is 267 g/mol. The summed E-state index contributed by atoms with van der Waals surface area (Å²) in [6, 6.07) is 1.98. The maximum Gasteiger partial charge on any atom is 0.318 e. The SMILES string of the molecule is Cc1cc(CNC(C)C(=O)NC(N)=O)cc(C)c1F. The van der Waals surface area contributed by atoms with Crippen LogP contribution in [0, 0.1) is 19.7 Å². The van der Waals surface area contributed by atoms with E-state index >= 15 is 0 Å². The summed E-state index contributed by atoms with van der Waals surface area (Å²) in [7, 11) is 0. The molecule has 1 rings (SSSR count). The molecule has 0 aliphatic rings. The van der Waals surface area contributed by atoms with Crippen molar-refractivity contribution in [1.82, 2.24) is 10.6 Å². The van der Waals surface area contributed by atoms with Crippen LogP contribution >= 0.6 is 0 Å². The van der Waals surface area contributed by atoms with Crippen LogP contribution in [-0.2, 0) is 11.3 Å². The number of primary amides is 1. The van der Waals surface area contributed by atoms with Gasteiger partial charge in [-0.05, 0) is 37.5 Å². The highest BCUT2D eigenvalue weighted by Gasteiger charge is 2.14. The fourth-order valence-corrected chi connectivity index (χ4v) is 1.73. The second kappa shape index (κ2) is 6.29. The Morgan fingerprint density at radius 1 is 1.32 bits per heavy atom. The number of hydrogen-bond acceptors (Lipinski definition) is 3. The molecule has 0 fully saturated rings. The van der Waals surface area contributed by atoms with Gasteiger partial charge in [-0.3, -0.25) is 10.1 Å². The van der Waals surface area contributed by atoms with E-state index in [9.17, 15) is 14.0 Å². The Bertz CT molecular complexity index is 480. The number of carbonyl (C=O) groups excluding carboxylic acids is 2. The number of hydrogen-bond donors (Lipinski definition) is 3. The van der Waals surface area contributed by atoms with E-state index in [4.69, 9.17) is 5.73 Å². The van der Waals surface area contributed by atoms with E-state index in [1.165, 1.54) is 0 Å². The molecule has 0 radical (unpaired) electrons. The largest absolute Gasteiger partial charge is 0.351 e. The van der Waals surface area contributed by atoms with E-state index in [0.717, 1.165) is 5.56 Å². The Morgan fingerprint density at radius 3 is 2.32 bits per heavy atom.